The SMILES string of the molecule is CCCc1ccc(C(=O)OC2CCC(CC/C=C/C#N)CC2)cc1. The van der Waals surface area contributed by atoms with Gasteiger partial charge in [0.2, 0.25) is 0 Å². The van der Waals surface area contributed by atoms with Crippen LogP contribution in [0.15, 0.2) is 36.4 Å². The fourth-order valence-corrected chi connectivity index (χ4v) is 3.32. The van der Waals surface area contributed by atoms with E-state index in [1.54, 1.807) is 6.08 Å². The summed E-state index contributed by atoms with van der Waals surface area (Å²) < 4.78 is 5.67. The van der Waals surface area contributed by atoms with Crippen molar-refractivity contribution < 1.29 is 9.53 Å². The summed E-state index contributed by atoms with van der Waals surface area (Å²) in [7, 11) is 0. The second-order valence-corrected chi connectivity index (χ2v) is 6.60. The summed E-state index contributed by atoms with van der Waals surface area (Å²) in [5, 5.41) is 8.47. The molecule has 2 rings (SSSR count). The van der Waals surface area contributed by atoms with Gasteiger partial charge in [-0.2, -0.15) is 5.26 Å². The highest BCUT2D eigenvalue weighted by Crippen LogP contribution is 2.30. The van der Waals surface area contributed by atoms with Gasteiger partial charge in [0.05, 0.1) is 11.6 Å². The molecule has 0 unspecified atom stereocenters. The largest absolute Gasteiger partial charge is 0.459 e. The average molecular weight is 325 g/mol. The zero-order chi connectivity index (χ0) is 17.2. The Hall–Kier alpha value is -2.08. The van der Waals surface area contributed by atoms with E-state index < -0.39 is 0 Å². The first kappa shape index (κ1) is 18.3. The van der Waals surface area contributed by atoms with Gasteiger partial charge in [0.25, 0.3) is 0 Å². The van der Waals surface area contributed by atoms with Crippen molar-refractivity contribution in [2.45, 2.75) is 64.4 Å². The average Bonchev–Trinajstić information content (AvgIpc) is 2.61. The molecule has 0 aliphatic heterocycles. The zero-order valence-electron chi connectivity index (χ0n) is 14.5. The van der Waals surface area contributed by atoms with Gasteiger partial charge in [-0.05, 0) is 68.6 Å². The Kier molecular flexibility index (Phi) is 7.55. The molecule has 1 fully saturated rings. The van der Waals surface area contributed by atoms with Crippen molar-refractivity contribution in [3.63, 3.8) is 0 Å². The van der Waals surface area contributed by atoms with Crippen LogP contribution in [0.5, 0.6) is 0 Å². The highest BCUT2D eigenvalue weighted by atomic mass is 16.5. The Morgan fingerprint density at radius 1 is 1.25 bits per heavy atom. The van der Waals surface area contributed by atoms with Gasteiger partial charge in [-0.25, -0.2) is 4.79 Å². The monoisotopic (exact) mass is 325 g/mol. The summed E-state index contributed by atoms with van der Waals surface area (Å²) in [6.45, 7) is 2.15. The summed E-state index contributed by atoms with van der Waals surface area (Å²) in [6.07, 6.45) is 11.9. The molecule has 1 aromatic rings. The predicted octanol–water partition coefficient (Wildman–Crippen LogP) is 5.21. The van der Waals surface area contributed by atoms with Gasteiger partial charge in [0.1, 0.15) is 6.10 Å². The highest BCUT2D eigenvalue weighted by molar-refractivity contribution is 5.89. The second kappa shape index (κ2) is 9.93. The maximum Gasteiger partial charge on any atom is 0.338 e. The molecule has 0 bridgehead atoms. The molecule has 0 saturated heterocycles. The van der Waals surface area contributed by atoms with E-state index in [1.165, 1.54) is 5.56 Å². The molecule has 0 heterocycles. The molecule has 0 radical (unpaired) electrons. The number of ether oxygens (including phenoxy) is 1. The molecule has 3 nitrogen and oxygen atoms in total. The van der Waals surface area contributed by atoms with E-state index in [2.05, 4.69) is 6.92 Å². The predicted molar refractivity (Wildman–Crippen MR) is 95.6 cm³/mol. The number of aryl methyl sites for hydroxylation is 1. The molecular formula is C21H27NO2. The number of rotatable bonds is 7. The van der Waals surface area contributed by atoms with Crippen LogP contribution in [0.25, 0.3) is 0 Å². The van der Waals surface area contributed by atoms with E-state index in [4.69, 9.17) is 10.00 Å². The van der Waals surface area contributed by atoms with Gasteiger partial charge in [-0.15, -0.1) is 0 Å². The van der Waals surface area contributed by atoms with Crippen molar-refractivity contribution in [2.24, 2.45) is 5.92 Å². The van der Waals surface area contributed by atoms with Crippen molar-refractivity contribution in [1.82, 2.24) is 0 Å². The first-order chi connectivity index (χ1) is 11.7. The smallest absolute Gasteiger partial charge is 0.338 e. The van der Waals surface area contributed by atoms with Crippen molar-refractivity contribution >= 4 is 5.97 Å². The molecule has 24 heavy (non-hydrogen) atoms. The van der Waals surface area contributed by atoms with E-state index in [-0.39, 0.29) is 12.1 Å². The Morgan fingerprint density at radius 3 is 2.58 bits per heavy atom. The minimum absolute atomic E-state index is 0.0544. The highest BCUT2D eigenvalue weighted by Gasteiger charge is 2.23. The number of esters is 1. The Bertz CT molecular complexity index is 575. The van der Waals surface area contributed by atoms with Crippen LogP contribution < -0.4 is 0 Å². The molecular weight excluding hydrogens is 298 g/mol. The number of nitrogens with zero attached hydrogens (tertiary/aromatic N) is 1. The molecule has 0 atom stereocenters. The first-order valence-corrected chi connectivity index (χ1v) is 9.07. The molecule has 1 saturated carbocycles. The number of allylic oxidation sites excluding steroid dienone is 2. The van der Waals surface area contributed by atoms with E-state index in [0.717, 1.165) is 51.4 Å². The minimum atomic E-state index is -0.196. The van der Waals surface area contributed by atoms with Crippen LogP contribution in [-0.2, 0) is 11.2 Å². The summed E-state index contributed by atoms with van der Waals surface area (Å²) in [4.78, 5) is 12.2. The molecule has 1 aromatic carbocycles. The minimum Gasteiger partial charge on any atom is -0.459 e. The first-order valence-electron chi connectivity index (χ1n) is 9.07. The van der Waals surface area contributed by atoms with Crippen molar-refractivity contribution in [3.05, 3.63) is 47.5 Å². The Morgan fingerprint density at radius 2 is 1.96 bits per heavy atom. The molecule has 0 spiro atoms. The quantitative estimate of drug-likeness (QED) is 0.510. The third kappa shape index (κ3) is 5.85. The van der Waals surface area contributed by atoms with Crippen molar-refractivity contribution in [2.75, 3.05) is 0 Å². The topological polar surface area (TPSA) is 50.1 Å². The van der Waals surface area contributed by atoms with Gasteiger partial charge < -0.3 is 4.74 Å². The zero-order valence-corrected chi connectivity index (χ0v) is 14.5. The van der Waals surface area contributed by atoms with Gasteiger partial charge in [-0.3, -0.25) is 0 Å². The summed E-state index contributed by atoms with van der Waals surface area (Å²) in [6, 6.07) is 9.81. The number of nitriles is 1. The van der Waals surface area contributed by atoms with Gasteiger partial charge >= 0.3 is 5.97 Å². The summed E-state index contributed by atoms with van der Waals surface area (Å²) >= 11 is 0. The van der Waals surface area contributed by atoms with Gasteiger partial charge in [-0.1, -0.05) is 31.6 Å². The van der Waals surface area contributed by atoms with E-state index >= 15 is 0 Å². The number of hydrogen-bond donors (Lipinski definition) is 0. The van der Waals surface area contributed by atoms with Crippen LogP contribution in [0.3, 0.4) is 0 Å². The van der Waals surface area contributed by atoms with Crippen molar-refractivity contribution in [1.29, 1.82) is 5.26 Å². The van der Waals surface area contributed by atoms with Gasteiger partial charge in [0.15, 0.2) is 0 Å². The van der Waals surface area contributed by atoms with Crippen molar-refractivity contribution in [3.8, 4) is 6.07 Å². The van der Waals surface area contributed by atoms with E-state index in [1.807, 2.05) is 36.4 Å². The fourth-order valence-electron chi connectivity index (χ4n) is 3.32. The normalized spacial score (nSPS) is 20.7. The molecule has 0 amide bonds. The number of carbonyl (C=O) groups is 1. The molecule has 0 aromatic heterocycles. The Balaban J connectivity index is 1.74. The van der Waals surface area contributed by atoms with Crippen LogP contribution in [0.2, 0.25) is 0 Å². The van der Waals surface area contributed by atoms with E-state index in [0.29, 0.717) is 11.5 Å². The van der Waals surface area contributed by atoms with Crippen LogP contribution in [0.1, 0.15) is 67.8 Å². The van der Waals surface area contributed by atoms with Crippen LogP contribution >= 0.6 is 0 Å². The number of carbonyl (C=O) groups excluding carboxylic acids is 1. The molecule has 128 valence electrons. The number of benzene rings is 1. The molecule has 1 aliphatic rings. The summed E-state index contributed by atoms with van der Waals surface area (Å²) in [5.41, 5.74) is 1.92. The lowest BCUT2D eigenvalue weighted by atomic mass is 9.84. The molecule has 0 N–H and O–H groups in total. The number of hydrogen-bond acceptors (Lipinski definition) is 3. The maximum absolute atomic E-state index is 12.2. The van der Waals surface area contributed by atoms with Crippen LogP contribution in [0.4, 0.5) is 0 Å². The van der Waals surface area contributed by atoms with E-state index in [9.17, 15) is 4.79 Å². The lowest BCUT2D eigenvalue weighted by molar-refractivity contribution is 0.0162. The summed E-state index contributed by atoms with van der Waals surface area (Å²) in [5.74, 6) is 0.495. The second-order valence-electron chi connectivity index (χ2n) is 6.60. The van der Waals surface area contributed by atoms with Gasteiger partial charge in [0, 0.05) is 6.08 Å². The third-order valence-corrected chi connectivity index (χ3v) is 4.73. The van der Waals surface area contributed by atoms with Crippen LogP contribution in [0, 0.1) is 17.2 Å². The lowest BCUT2D eigenvalue weighted by Crippen LogP contribution is -2.24. The lowest BCUT2D eigenvalue weighted by Gasteiger charge is -2.28. The fraction of sp³-hybridized carbons (Fsp3) is 0.524. The maximum atomic E-state index is 12.2. The van der Waals surface area contributed by atoms with Crippen LogP contribution in [-0.4, -0.2) is 12.1 Å². The third-order valence-electron chi connectivity index (χ3n) is 4.73. The molecule has 3 heteroatoms. The standard InChI is InChI=1S/C21H27NO2/c1-2-6-17-8-12-19(13-9-17)21(23)24-20-14-10-18(11-15-20)7-4-3-5-16-22/h3,5,8-9,12-13,18,20H,2,4,6-7,10-11,14-15H2,1H3/b5-3+. The molecule has 1 aliphatic carbocycles. The Labute approximate surface area is 145 Å².